The molecule has 5 rings (SSSR count). The van der Waals surface area contributed by atoms with Gasteiger partial charge in [-0.25, -0.2) is 0 Å². The molecule has 1 heterocycles. The van der Waals surface area contributed by atoms with Crippen LogP contribution in [-0.4, -0.2) is 42.6 Å². The van der Waals surface area contributed by atoms with E-state index in [2.05, 4.69) is 105 Å². The number of hydrogen-bond donors (Lipinski definition) is 0. The normalized spacial score (nSPS) is 13.2. The first-order valence-corrected chi connectivity index (χ1v) is 10.9. The van der Waals surface area contributed by atoms with Crippen molar-refractivity contribution in [1.29, 1.82) is 0 Å². The molecule has 3 nitrogen and oxygen atoms in total. The lowest BCUT2D eigenvalue weighted by Gasteiger charge is -2.34. The summed E-state index contributed by atoms with van der Waals surface area (Å²) in [5, 5.41) is 2.81. The Kier molecular flexibility index (Phi) is 4.49. The molecule has 0 N–H and O–H groups in total. The molecular formula is C27H31N3. The van der Waals surface area contributed by atoms with Gasteiger partial charge in [-0.1, -0.05) is 42.5 Å². The summed E-state index contributed by atoms with van der Waals surface area (Å²) in [5.41, 5.74) is 11.5. The number of nitrogens with zero attached hydrogens (tertiary/aromatic N) is 3. The van der Waals surface area contributed by atoms with Crippen LogP contribution in [0.2, 0.25) is 0 Å². The molecule has 0 saturated carbocycles. The SMILES string of the molecule is CCn1c2ccccc2c2c(C)c(C(N(C)C)N(C)C)c3c(c21)Cc1ccccc1-3. The summed E-state index contributed by atoms with van der Waals surface area (Å²) in [7, 11) is 8.77. The van der Waals surface area contributed by atoms with Gasteiger partial charge in [0.15, 0.2) is 0 Å². The maximum absolute atomic E-state index is 2.53. The van der Waals surface area contributed by atoms with Crippen molar-refractivity contribution in [3.63, 3.8) is 0 Å². The van der Waals surface area contributed by atoms with Crippen LogP contribution in [-0.2, 0) is 13.0 Å². The van der Waals surface area contributed by atoms with Gasteiger partial charge in [0.05, 0.1) is 11.7 Å². The number of aryl methyl sites for hydroxylation is 2. The van der Waals surface area contributed by atoms with E-state index in [1.54, 1.807) is 0 Å². The van der Waals surface area contributed by atoms with Crippen LogP contribution in [0.25, 0.3) is 32.9 Å². The van der Waals surface area contributed by atoms with Crippen molar-refractivity contribution in [3.8, 4) is 11.1 Å². The molecule has 3 heteroatoms. The van der Waals surface area contributed by atoms with E-state index in [9.17, 15) is 0 Å². The molecule has 0 atom stereocenters. The number of hydrogen-bond acceptors (Lipinski definition) is 2. The monoisotopic (exact) mass is 397 g/mol. The van der Waals surface area contributed by atoms with Crippen molar-refractivity contribution in [2.24, 2.45) is 0 Å². The highest BCUT2D eigenvalue weighted by molar-refractivity contribution is 6.14. The maximum atomic E-state index is 2.53. The molecule has 154 valence electrons. The number of benzene rings is 3. The molecule has 0 radical (unpaired) electrons. The van der Waals surface area contributed by atoms with Crippen LogP contribution in [0.1, 0.15) is 35.3 Å². The fourth-order valence-corrected chi connectivity index (χ4v) is 5.82. The van der Waals surface area contributed by atoms with Crippen LogP contribution in [0, 0.1) is 6.92 Å². The fourth-order valence-electron chi connectivity index (χ4n) is 5.82. The third-order valence-corrected chi connectivity index (χ3v) is 6.81. The van der Waals surface area contributed by atoms with Gasteiger partial charge in [0.2, 0.25) is 0 Å². The zero-order chi connectivity index (χ0) is 21.2. The minimum Gasteiger partial charge on any atom is -0.340 e. The second-order valence-electron chi connectivity index (χ2n) is 9.01. The Morgan fingerprint density at radius 3 is 2.30 bits per heavy atom. The van der Waals surface area contributed by atoms with Crippen molar-refractivity contribution < 1.29 is 0 Å². The minimum absolute atomic E-state index is 0.220. The molecule has 0 amide bonds. The van der Waals surface area contributed by atoms with Crippen LogP contribution in [0.4, 0.5) is 0 Å². The number of fused-ring (bicyclic) bond motifs is 7. The highest BCUT2D eigenvalue weighted by Crippen LogP contribution is 2.49. The third-order valence-electron chi connectivity index (χ3n) is 6.81. The summed E-state index contributed by atoms with van der Waals surface area (Å²) in [6.07, 6.45) is 1.23. The summed E-state index contributed by atoms with van der Waals surface area (Å²) in [4.78, 5) is 4.68. The summed E-state index contributed by atoms with van der Waals surface area (Å²) >= 11 is 0. The van der Waals surface area contributed by atoms with Crippen molar-refractivity contribution in [3.05, 3.63) is 70.8 Å². The quantitative estimate of drug-likeness (QED) is 0.354. The second-order valence-corrected chi connectivity index (χ2v) is 9.01. The Labute approximate surface area is 179 Å². The Balaban J connectivity index is 2.03. The van der Waals surface area contributed by atoms with E-state index < -0.39 is 0 Å². The Bertz CT molecular complexity index is 1270. The lowest BCUT2D eigenvalue weighted by Crippen LogP contribution is -2.33. The van der Waals surface area contributed by atoms with E-state index in [-0.39, 0.29) is 6.17 Å². The first kappa shape index (κ1) is 19.3. The van der Waals surface area contributed by atoms with Crippen LogP contribution < -0.4 is 0 Å². The van der Waals surface area contributed by atoms with Gasteiger partial charge in [-0.05, 0) is 81.5 Å². The van der Waals surface area contributed by atoms with E-state index in [4.69, 9.17) is 0 Å². The summed E-state index contributed by atoms with van der Waals surface area (Å²) in [6.45, 7) is 5.59. The Morgan fingerprint density at radius 1 is 0.933 bits per heavy atom. The van der Waals surface area contributed by atoms with Crippen molar-refractivity contribution in [1.82, 2.24) is 14.4 Å². The molecule has 3 aromatic carbocycles. The average molecular weight is 398 g/mol. The first-order valence-electron chi connectivity index (χ1n) is 10.9. The molecule has 0 saturated heterocycles. The topological polar surface area (TPSA) is 11.4 Å². The van der Waals surface area contributed by atoms with E-state index in [0.29, 0.717) is 0 Å². The lowest BCUT2D eigenvalue weighted by atomic mass is 9.89. The van der Waals surface area contributed by atoms with Gasteiger partial charge in [-0.15, -0.1) is 0 Å². The van der Waals surface area contributed by atoms with Gasteiger partial charge >= 0.3 is 0 Å². The minimum atomic E-state index is 0.220. The number of aromatic nitrogens is 1. The number of para-hydroxylation sites is 1. The van der Waals surface area contributed by atoms with E-state index in [1.165, 1.54) is 55.2 Å². The average Bonchev–Trinajstić information content (AvgIpc) is 3.26. The molecule has 1 aliphatic carbocycles. The molecule has 0 spiro atoms. The summed E-state index contributed by atoms with van der Waals surface area (Å²) in [6, 6.07) is 17.9. The van der Waals surface area contributed by atoms with Crippen molar-refractivity contribution in [2.45, 2.75) is 33.0 Å². The number of rotatable bonds is 4. The van der Waals surface area contributed by atoms with Crippen LogP contribution in [0.5, 0.6) is 0 Å². The van der Waals surface area contributed by atoms with E-state index in [1.807, 2.05) is 0 Å². The molecule has 30 heavy (non-hydrogen) atoms. The highest BCUT2D eigenvalue weighted by Gasteiger charge is 2.33. The molecule has 0 bridgehead atoms. The zero-order valence-corrected chi connectivity index (χ0v) is 19.0. The van der Waals surface area contributed by atoms with Gasteiger partial charge in [-0.2, -0.15) is 0 Å². The van der Waals surface area contributed by atoms with E-state index in [0.717, 1.165) is 13.0 Å². The fraction of sp³-hybridized carbons (Fsp3) is 0.333. The third kappa shape index (κ3) is 2.52. The molecule has 0 fully saturated rings. The summed E-state index contributed by atoms with van der Waals surface area (Å²) in [5.74, 6) is 0. The molecule has 1 aromatic heterocycles. The summed E-state index contributed by atoms with van der Waals surface area (Å²) < 4.78 is 2.53. The van der Waals surface area contributed by atoms with Crippen LogP contribution >= 0.6 is 0 Å². The van der Waals surface area contributed by atoms with Crippen LogP contribution in [0.3, 0.4) is 0 Å². The molecule has 1 aliphatic rings. The predicted octanol–water partition coefficient (Wildman–Crippen LogP) is 5.82. The highest BCUT2D eigenvalue weighted by atomic mass is 15.3. The largest absolute Gasteiger partial charge is 0.340 e. The Hall–Kier alpha value is -2.62. The van der Waals surface area contributed by atoms with Crippen molar-refractivity contribution in [2.75, 3.05) is 28.2 Å². The second kappa shape index (κ2) is 6.97. The van der Waals surface area contributed by atoms with Crippen molar-refractivity contribution >= 4 is 21.8 Å². The molecule has 0 aliphatic heterocycles. The zero-order valence-electron chi connectivity index (χ0n) is 19.0. The van der Waals surface area contributed by atoms with Gasteiger partial charge in [0.25, 0.3) is 0 Å². The standard InChI is InChI=1S/C27H31N3/c1-7-30-22-15-11-10-14-20(22)23-17(2)24(27(28(3)4)29(5)6)25-19-13-9-8-12-18(19)16-21(25)26(23)30/h8-15,27H,7,16H2,1-6H3. The Morgan fingerprint density at radius 2 is 1.60 bits per heavy atom. The predicted molar refractivity (Wildman–Crippen MR) is 128 cm³/mol. The van der Waals surface area contributed by atoms with Gasteiger partial charge in [0, 0.05) is 29.3 Å². The molecule has 0 unspecified atom stereocenters. The van der Waals surface area contributed by atoms with Gasteiger partial charge in [-0.3, -0.25) is 9.80 Å². The molecule has 4 aromatic rings. The lowest BCUT2D eigenvalue weighted by molar-refractivity contribution is 0.131. The van der Waals surface area contributed by atoms with Gasteiger partial charge < -0.3 is 4.57 Å². The van der Waals surface area contributed by atoms with Crippen LogP contribution in [0.15, 0.2) is 48.5 Å². The molecular weight excluding hydrogens is 366 g/mol. The first-order chi connectivity index (χ1) is 14.5. The van der Waals surface area contributed by atoms with E-state index >= 15 is 0 Å². The maximum Gasteiger partial charge on any atom is 0.0885 e. The smallest absolute Gasteiger partial charge is 0.0885 e. The van der Waals surface area contributed by atoms with Gasteiger partial charge in [0.1, 0.15) is 0 Å².